The molecule has 0 radical (unpaired) electrons. The fourth-order valence-electron chi connectivity index (χ4n) is 0.752. The summed E-state index contributed by atoms with van der Waals surface area (Å²) in [6.07, 6.45) is -4.81. The topological polar surface area (TPSA) is 40.5 Å². The second-order valence-corrected chi connectivity index (χ2v) is 3.77. The lowest BCUT2D eigenvalue weighted by molar-refractivity contribution is -0.304. The van der Waals surface area contributed by atoms with Gasteiger partial charge in [-0.3, -0.25) is 0 Å². The van der Waals surface area contributed by atoms with Crippen LogP contribution in [0.15, 0.2) is 0 Å². The van der Waals surface area contributed by atoms with E-state index in [1.165, 1.54) is 20.8 Å². The van der Waals surface area contributed by atoms with Crippen molar-refractivity contribution in [2.45, 2.75) is 32.5 Å². The molecule has 0 bridgehead atoms. The normalized spacial score (nSPS) is 19.0. The van der Waals surface area contributed by atoms with E-state index in [-0.39, 0.29) is 0 Å². The molecular weight excluding hydrogens is 173 g/mol. The average molecular weight is 186 g/mol. The van der Waals surface area contributed by atoms with Gasteiger partial charge >= 0.3 is 6.18 Å². The van der Waals surface area contributed by atoms with Gasteiger partial charge in [-0.25, -0.2) is 0 Å². The molecule has 2 nitrogen and oxygen atoms in total. The van der Waals surface area contributed by atoms with Crippen molar-refractivity contribution in [1.82, 2.24) is 0 Å². The van der Waals surface area contributed by atoms with Crippen LogP contribution in [-0.2, 0) is 0 Å². The standard InChI is InChI=1S/C7H13F3O2/c1-5(2,3)6(12,4-11)7(8,9)10/h11-12H,4H2,1-3H3. The summed E-state index contributed by atoms with van der Waals surface area (Å²) in [6, 6.07) is 0. The van der Waals surface area contributed by atoms with Gasteiger partial charge in [0, 0.05) is 5.41 Å². The molecule has 0 spiro atoms. The molecule has 0 heterocycles. The number of halogens is 3. The van der Waals surface area contributed by atoms with Crippen molar-refractivity contribution in [2.24, 2.45) is 5.41 Å². The zero-order chi connectivity index (χ0) is 10.2. The van der Waals surface area contributed by atoms with Gasteiger partial charge in [0.15, 0.2) is 5.60 Å². The molecule has 0 saturated carbocycles. The largest absolute Gasteiger partial charge is 0.419 e. The predicted molar refractivity (Wildman–Crippen MR) is 37.5 cm³/mol. The Hall–Kier alpha value is -0.290. The van der Waals surface area contributed by atoms with Crippen LogP contribution in [0, 0.1) is 5.41 Å². The van der Waals surface area contributed by atoms with Crippen LogP contribution >= 0.6 is 0 Å². The van der Waals surface area contributed by atoms with Gasteiger partial charge in [0.25, 0.3) is 0 Å². The quantitative estimate of drug-likeness (QED) is 0.648. The number of hydrogen-bond donors (Lipinski definition) is 2. The lowest BCUT2D eigenvalue weighted by Crippen LogP contribution is -2.57. The maximum atomic E-state index is 12.2. The fraction of sp³-hybridized carbons (Fsp3) is 1.00. The molecule has 0 aromatic heterocycles. The predicted octanol–water partition coefficient (Wildman–Crippen LogP) is 1.32. The number of aliphatic hydroxyl groups is 2. The highest BCUT2D eigenvalue weighted by Crippen LogP contribution is 2.42. The summed E-state index contributed by atoms with van der Waals surface area (Å²) in [4.78, 5) is 0. The highest BCUT2D eigenvalue weighted by Gasteiger charge is 2.60. The van der Waals surface area contributed by atoms with Crippen LogP contribution < -0.4 is 0 Å². The van der Waals surface area contributed by atoms with Crippen molar-refractivity contribution < 1.29 is 23.4 Å². The lowest BCUT2D eigenvalue weighted by atomic mass is 9.76. The maximum absolute atomic E-state index is 12.2. The molecule has 0 aromatic carbocycles. The molecule has 5 heteroatoms. The Morgan fingerprint density at radius 1 is 1.08 bits per heavy atom. The van der Waals surface area contributed by atoms with Gasteiger partial charge in [-0.15, -0.1) is 0 Å². The fourth-order valence-corrected chi connectivity index (χ4v) is 0.752. The summed E-state index contributed by atoms with van der Waals surface area (Å²) < 4.78 is 36.6. The second-order valence-electron chi connectivity index (χ2n) is 3.77. The van der Waals surface area contributed by atoms with Crippen molar-refractivity contribution in [1.29, 1.82) is 0 Å². The van der Waals surface area contributed by atoms with Gasteiger partial charge in [-0.1, -0.05) is 20.8 Å². The van der Waals surface area contributed by atoms with Crippen molar-refractivity contribution in [3.8, 4) is 0 Å². The number of alkyl halides is 3. The minimum atomic E-state index is -4.81. The molecule has 1 atom stereocenters. The van der Waals surface area contributed by atoms with Gasteiger partial charge in [-0.2, -0.15) is 13.2 Å². The average Bonchev–Trinajstić information content (AvgIpc) is 1.81. The molecular formula is C7H13F3O2. The van der Waals surface area contributed by atoms with Gasteiger partial charge in [-0.05, 0) is 0 Å². The first kappa shape index (κ1) is 11.7. The van der Waals surface area contributed by atoms with Gasteiger partial charge in [0.1, 0.15) is 0 Å². The molecule has 0 rings (SSSR count). The highest BCUT2D eigenvalue weighted by molar-refractivity contribution is 4.96. The zero-order valence-electron chi connectivity index (χ0n) is 7.24. The molecule has 0 fully saturated rings. The van der Waals surface area contributed by atoms with Gasteiger partial charge in [0.05, 0.1) is 6.61 Å². The highest BCUT2D eigenvalue weighted by atomic mass is 19.4. The van der Waals surface area contributed by atoms with E-state index in [0.29, 0.717) is 0 Å². The summed E-state index contributed by atoms with van der Waals surface area (Å²) in [5.74, 6) is 0. The molecule has 74 valence electrons. The number of aliphatic hydroxyl groups excluding tert-OH is 1. The Kier molecular flexibility index (Phi) is 2.81. The third kappa shape index (κ3) is 1.72. The zero-order valence-corrected chi connectivity index (χ0v) is 7.24. The van der Waals surface area contributed by atoms with E-state index in [2.05, 4.69) is 0 Å². The first-order valence-electron chi connectivity index (χ1n) is 3.46. The Morgan fingerprint density at radius 2 is 1.42 bits per heavy atom. The second kappa shape index (κ2) is 2.88. The van der Waals surface area contributed by atoms with Crippen LogP contribution in [0.3, 0.4) is 0 Å². The van der Waals surface area contributed by atoms with Crippen molar-refractivity contribution in [3.63, 3.8) is 0 Å². The summed E-state index contributed by atoms with van der Waals surface area (Å²) in [5.41, 5.74) is -4.46. The van der Waals surface area contributed by atoms with E-state index in [4.69, 9.17) is 10.2 Å². The van der Waals surface area contributed by atoms with Crippen LogP contribution in [0.5, 0.6) is 0 Å². The van der Waals surface area contributed by atoms with E-state index in [9.17, 15) is 13.2 Å². The first-order chi connectivity index (χ1) is 5.06. The van der Waals surface area contributed by atoms with Crippen molar-refractivity contribution >= 4 is 0 Å². The Balaban J connectivity index is 4.95. The van der Waals surface area contributed by atoms with E-state index in [1.807, 2.05) is 0 Å². The van der Waals surface area contributed by atoms with E-state index < -0.39 is 23.8 Å². The lowest BCUT2D eigenvalue weighted by Gasteiger charge is -2.39. The SMILES string of the molecule is CC(C)(C)C(O)(CO)C(F)(F)F. The van der Waals surface area contributed by atoms with Crippen LogP contribution in [0.2, 0.25) is 0 Å². The molecule has 0 aliphatic rings. The monoisotopic (exact) mass is 186 g/mol. The molecule has 0 aromatic rings. The van der Waals surface area contributed by atoms with E-state index in [0.717, 1.165) is 0 Å². The summed E-state index contributed by atoms with van der Waals surface area (Å²) in [6.45, 7) is 2.34. The molecule has 12 heavy (non-hydrogen) atoms. The third-order valence-corrected chi connectivity index (χ3v) is 1.94. The molecule has 0 amide bonds. The van der Waals surface area contributed by atoms with Crippen molar-refractivity contribution in [2.75, 3.05) is 6.61 Å². The Morgan fingerprint density at radius 3 is 1.42 bits per heavy atom. The van der Waals surface area contributed by atoms with Crippen molar-refractivity contribution in [3.05, 3.63) is 0 Å². The van der Waals surface area contributed by atoms with Gasteiger partial charge < -0.3 is 10.2 Å². The molecule has 1 unspecified atom stereocenters. The summed E-state index contributed by atoms with van der Waals surface area (Å²) >= 11 is 0. The van der Waals surface area contributed by atoms with Crippen LogP contribution in [0.25, 0.3) is 0 Å². The van der Waals surface area contributed by atoms with Crippen LogP contribution in [-0.4, -0.2) is 28.6 Å². The minimum Gasteiger partial charge on any atom is -0.393 e. The molecule has 2 N–H and O–H groups in total. The van der Waals surface area contributed by atoms with E-state index >= 15 is 0 Å². The number of rotatable bonds is 1. The summed E-state index contributed by atoms with van der Waals surface area (Å²) in [7, 11) is 0. The first-order valence-corrected chi connectivity index (χ1v) is 3.46. The maximum Gasteiger partial charge on any atom is 0.419 e. The van der Waals surface area contributed by atoms with Crippen LogP contribution in [0.4, 0.5) is 13.2 Å². The Labute approximate surface area is 69.0 Å². The van der Waals surface area contributed by atoms with E-state index in [1.54, 1.807) is 0 Å². The molecule has 0 saturated heterocycles. The van der Waals surface area contributed by atoms with Crippen LogP contribution in [0.1, 0.15) is 20.8 Å². The molecule has 0 aliphatic carbocycles. The third-order valence-electron chi connectivity index (χ3n) is 1.94. The van der Waals surface area contributed by atoms with Gasteiger partial charge in [0.2, 0.25) is 0 Å². The minimum absolute atomic E-state index is 1.22. The summed E-state index contributed by atoms with van der Waals surface area (Å²) in [5, 5.41) is 17.6. The molecule has 0 aliphatic heterocycles. The number of hydrogen-bond acceptors (Lipinski definition) is 2. The smallest absolute Gasteiger partial charge is 0.393 e. The Bertz CT molecular complexity index is 143.